The van der Waals surface area contributed by atoms with Crippen LogP contribution in [-0.4, -0.2) is 9.97 Å². The van der Waals surface area contributed by atoms with E-state index in [0.29, 0.717) is 15.9 Å². The maximum Gasteiger partial charge on any atom is 0.162 e. The van der Waals surface area contributed by atoms with E-state index in [4.69, 9.17) is 28.2 Å². The maximum absolute atomic E-state index is 5.98. The molecule has 3 aromatic carbocycles. The van der Waals surface area contributed by atoms with Gasteiger partial charge in [0, 0.05) is 26.7 Å². The second-order valence-electron chi connectivity index (χ2n) is 5.55. The number of anilines is 2. The van der Waals surface area contributed by atoms with E-state index in [1.165, 1.54) is 0 Å². The summed E-state index contributed by atoms with van der Waals surface area (Å²) in [6.45, 7) is 0. The first-order valence-electron chi connectivity index (χ1n) is 7.74. The zero-order valence-electron chi connectivity index (χ0n) is 13.5. The zero-order valence-corrected chi connectivity index (χ0v) is 15.8. The van der Waals surface area contributed by atoms with Gasteiger partial charge in [-0.15, -0.1) is 12.4 Å². The fraction of sp³-hybridized carbons (Fsp3) is 0. The van der Waals surface area contributed by atoms with Gasteiger partial charge in [0.2, 0.25) is 0 Å². The average molecular weight is 403 g/mol. The van der Waals surface area contributed by atoms with Crippen molar-refractivity contribution in [3.63, 3.8) is 0 Å². The van der Waals surface area contributed by atoms with Crippen LogP contribution in [0.3, 0.4) is 0 Å². The molecule has 1 heterocycles. The van der Waals surface area contributed by atoms with Crippen molar-refractivity contribution in [1.29, 1.82) is 0 Å². The van der Waals surface area contributed by atoms with Crippen LogP contribution in [0, 0.1) is 0 Å². The molecule has 3 nitrogen and oxygen atoms in total. The molecule has 1 aromatic heterocycles. The van der Waals surface area contributed by atoms with Gasteiger partial charge in [0.15, 0.2) is 5.82 Å². The van der Waals surface area contributed by atoms with E-state index in [1.54, 1.807) is 0 Å². The molecule has 0 aliphatic heterocycles. The highest BCUT2D eigenvalue weighted by Crippen LogP contribution is 2.28. The van der Waals surface area contributed by atoms with Crippen molar-refractivity contribution in [3.8, 4) is 11.4 Å². The predicted molar refractivity (Wildman–Crippen MR) is 112 cm³/mol. The Labute approximate surface area is 167 Å². The van der Waals surface area contributed by atoms with E-state index in [2.05, 4.69) is 10.3 Å². The molecule has 6 heteroatoms. The monoisotopic (exact) mass is 401 g/mol. The van der Waals surface area contributed by atoms with Crippen molar-refractivity contribution in [2.45, 2.75) is 0 Å². The van der Waals surface area contributed by atoms with Crippen LogP contribution in [0.5, 0.6) is 0 Å². The summed E-state index contributed by atoms with van der Waals surface area (Å²) < 4.78 is 0. The van der Waals surface area contributed by atoms with Gasteiger partial charge in [-0.3, -0.25) is 0 Å². The van der Waals surface area contributed by atoms with Crippen LogP contribution in [0.25, 0.3) is 22.3 Å². The highest BCUT2D eigenvalue weighted by Gasteiger charge is 2.09. The Morgan fingerprint density at radius 3 is 2.00 bits per heavy atom. The van der Waals surface area contributed by atoms with Gasteiger partial charge in [-0.25, -0.2) is 9.97 Å². The first-order chi connectivity index (χ1) is 12.2. The van der Waals surface area contributed by atoms with Gasteiger partial charge in [0.25, 0.3) is 0 Å². The van der Waals surface area contributed by atoms with Crippen LogP contribution in [0.4, 0.5) is 11.5 Å². The zero-order chi connectivity index (χ0) is 17.2. The number of nitrogens with one attached hydrogen (secondary N) is 1. The van der Waals surface area contributed by atoms with Crippen LogP contribution in [0.1, 0.15) is 0 Å². The average Bonchev–Trinajstić information content (AvgIpc) is 2.64. The predicted octanol–water partition coefficient (Wildman–Crippen LogP) is 6.77. The fourth-order valence-electron chi connectivity index (χ4n) is 2.57. The first kappa shape index (κ1) is 18.5. The Morgan fingerprint density at radius 1 is 0.692 bits per heavy atom. The standard InChI is InChI=1S/C20H13Cl2N3.ClH/c21-14-7-5-13(6-8-14)19-24-18-4-2-1-3-17(18)20(25-19)23-16-11-9-15(22)10-12-16;/h1-12H,(H,23,24,25);1H. The molecule has 0 amide bonds. The van der Waals surface area contributed by atoms with Gasteiger partial charge < -0.3 is 5.32 Å². The van der Waals surface area contributed by atoms with E-state index >= 15 is 0 Å². The second kappa shape index (κ2) is 7.92. The van der Waals surface area contributed by atoms with Crippen LogP contribution in [0.15, 0.2) is 72.8 Å². The third kappa shape index (κ3) is 3.91. The first-order valence-corrected chi connectivity index (χ1v) is 8.50. The fourth-order valence-corrected chi connectivity index (χ4v) is 2.82. The van der Waals surface area contributed by atoms with E-state index in [0.717, 1.165) is 28.0 Å². The van der Waals surface area contributed by atoms with E-state index in [9.17, 15) is 0 Å². The van der Waals surface area contributed by atoms with E-state index < -0.39 is 0 Å². The number of fused-ring (bicyclic) bond motifs is 1. The third-order valence-corrected chi connectivity index (χ3v) is 4.32. The molecule has 0 atom stereocenters. The number of hydrogen-bond acceptors (Lipinski definition) is 3. The minimum absolute atomic E-state index is 0. The minimum atomic E-state index is 0. The Balaban J connectivity index is 0.00000196. The number of nitrogens with zero attached hydrogens (tertiary/aromatic N) is 2. The molecule has 0 bridgehead atoms. The minimum Gasteiger partial charge on any atom is -0.340 e. The van der Waals surface area contributed by atoms with Crippen molar-refractivity contribution in [1.82, 2.24) is 9.97 Å². The summed E-state index contributed by atoms with van der Waals surface area (Å²) >= 11 is 11.9. The SMILES string of the molecule is Cl.Clc1ccc(Nc2nc(-c3ccc(Cl)cc3)nc3ccccc23)cc1. The van der Waals surface area contributed by atoms with Crippen LogP contribution in [0.2, 0.25) is 10.0 Å². The summed E-state index contributed by atoms with van der Waals surface area (Å²) in [5.41, 5.74) is 2.70. The van der Waals surface area contributed by atoms with Gasteiger partial charge in [-0.1, -0.05) is 35.3 Å². The highest BCUT2D eigenvalue weighted by atomic mass is 35.5. The molecule has 0 unspecified atom stereocenters. The number of rotatable bonds is 3. The second-order valence-corrected chi connectivity index (χ2v) is 6.42. The molecule has 0 aliphatic carbocycles. The van der Waals surface area contributed by atoms with Crippen molar-refractivity contribution < 1.29 is 0 Å². The van der Waals surface area contributed by atoms with Crippen LogP contribution in [-0.2, 0) is 0 Å². The number of benzene rings is 3. The molecule has 130 valence electrons. The summed E-state index contributed by atoms with van der Waals surface area (Å²) in [7, 11) is 0. The van der Waals surface area contributed by atoms with Crippen molar-refractivity contribution in [2.75, 3.05) is 5.32 Å². The summed E-state index contributed by atoms with van der Waals surface area (Å²) in [4.78, 5) is 9.40. The molecule has 4 aromatic rings. The number of aromatic nitrogens is 2. The van der Waals surface area contributed by atoms with Crippen molar-refractivity contribution in [2.24, 2.45) is 0 Å². The van der Waals surface area contributed by atoms with Gasteiger partial charge >= 0.3 is 0 Å². The normalized spacial score (nSPS) is 10.4. The molecule has 26 heavy (non-hydrogen) atoms. The quantitative estimate of drug-likeness (QED) is 0.411. The molecule has 0 spiro atoms. The Kier molecular flexibility index (Phi) is 5.62. The number of halogens is 3. The number of para-hydroxylation sites is 1. The molecule has 0 fully saturated rings. The molecular weight excluding hydrogens is 389 g/mol. The highest BCUT2D eigenvalue weighted by molar-refractivity contribution is 6.30. The lowest BCUT2D eigenvalue weighted by molar-refractivity contribution is 1.22. The topological polar surface area (TPSA) is 37.8 Å². The summed E-state index contributed by atoms with van der Waals surface area (Å²) in [6.07, 6.45) is 0. The van der Waals surface area contributed by atoms with Gasteiger partial charge in [0.1, 0.15) is 5.82 Å². The summed E-state index contributed by atoms with van der Waals surface area (Å²) in [5.74, 6) is 1.39. The molecule has 0 saturated carbocycles. The largest absolute Gasteiger partial charge is 0.340 e. The Hall–Kier alpha value is -2.33. The lowest BCUT2D eigenvalue weighted by Crippen LogP contribution is -1.99. The van der Waals surface area contributed by atoms with Gasteiger partial charge in [-0.2, -0.15) is 0 Å². The van der Waals surface area contributed by atoms with Crippen LogP contribution < -0.4 is 5.32 Å². The molecule has 0 saturated heterocycles. The van der Waals surface area contributed by atoms with Gasteiger partial charge in [0.05, 0.1) is 5.52 Å². The summed E-state index contributed by atoms with van der Waals surface area (Å²) in [5, 5.41) is 5.69. The van der Waals surface area contributed by atoms with Crippen molar-refractivity contribution >= 4 is 58.0 Å². The molecule has 1 N–H and O–H groups in total. The molecule has 0 radical (unpaired) electrons. The lowest BCUT2D eigenvalue weighted by atomic mass is 10.2. The van der Waals surface area contributed by atoms with E-state index in [-0.39, 0.29) is 12.4 Å². The molecule has 0 aliphatic rings. The maximum atomic E-state index is 5.98. The summed E-state index contributed by atoms with van der Waals surface area (Å²) in [6, 6.07) is 22.9. The van der Waals surface area contributed by atoms with Crippen LogP contribution >= 0.6 is 35.6 Å². The molecule has 4 rings (SSSR count). The Bertz CT molecular complexity index is 1030. The third-order valence-electron chi connectivity index (χ3n) is 3.81. The van der Waals surface area contributed by atoms with Gasteiger partial charge in [-0.05, 0) is 60.7 Å². The molecular formula is C20H14Cl3N3. The number of hydrogen-bond donors (Lipinski definition) is 1. The Morgan fingerprint density at radius 2 is 1.31 bits per heavy atom. The smallest absolute Gasteiger partial charge is 0.162 e. The van der Waals surface area contributed by atoms with Crippen molar-refractivity contribution in [3.05, 3.63) is 82.8 Å². The lowest BCUT2D eigenvalue weighted by Gasteiger charge is -2.11. The van der Waals surface area contributed by atoms with E-state index in [1.807, 2.05) is 72.8 Å².